The topological polar surface area (TPSA) is 32.8 Å². The number of ether oxygens (including phenoxy) is 1. The van der Waals surface area contributed by atoms with Crippen molar-refractivity contribution in [2.24, 2.45) is 0 Å². The van der Waals surface area contributed by atoms with Crippen molar-refractivity contribution in [3.05, 3.63) is 53.6 Å². The van der Waals surface area contributed by atoms with E-state index in [1.807, 2.05) is 25.1 Å². The Morgan fingerprint density at radius 3 is 2.69 bits per heavy atom. The van der Waals surface area contributed by atoms with Gasteiger partial charge in [-0.1, -0.05) is 0 Å². The van der Waals surface area contributed by atoms with Gasteiger partial charge in [-0.2, -0.15) is 0 Å². The van der Waals surface area contributed by atoms with E-state index in [0.29, 0.717) is 18.8 Å². The highest BCUT2D eigenvalue weighted by atomic mass is 19.2. The molecular formula is C20H22F2N2O2. The molecule has 0 unspecified atom stereocenters. The fourth-order valence-electron chi connectivity index (χ4n) is 3.28. The molecular weight excluding hydrogens is 338 g/mol. The second kappa shape index (κ2) is 7.72. The number of rotatable bonds is 5. The molecule has 0 aromatic heterocycles. The Bertz CT molecular complexity index is 810. The second-order valence-electron chi connectivity index (χ2n) is 6.26. The largest absolute Gasteiger partial charge is 0.497 e. The van der Waals surface area contributed by atoms with Crippen molar-refractivity contribution in [3.8, 4) is 5.75 Å². The predicted molar refractivity (Wildman–Crippen MR) is 97.9 cm³/mol. The molecule has 1 amide bonds. The molecule has 2 aromatic carbocycles. The fourth-order valence-corrected chi connectivity index (χ4v) is 3.28. The van der Waals surface area contributed by atoms with Gasteiger partial charge in [0, 0.05) is 30.5 Å². The maximum absolute atomic E-state index is 13.5. The van der Waals surface area contributed by atoms with Crippen molar-refractivity contribution in [1.82, 2.24) is 0 Å². The van der Waals surface area contributed by atoms with Gasteiger partial charge in [0.1, 0.15) is 5.75 Å². The molecule has 1 heterocycles. The minimum absolute atomic E-state index is 0.0669. The van der Waals surface area contributed by atoms with Gasteiger partial charge in [0.2, 0.25) is 5.91 Å². The summed E-state index contributed by atoms with van der Waals surface area (Å²) >= 11 is 0. The molecule has 0 spiro atoms. The van der Waals surface area contributed by atoms with Crippen molar-refractivity contribution in [2.75, 3.05) is 36.5 Å². The molecule has 0 fully saturated rings. The lowest BCUT2D eigenvalue weighted by Crippen LogP contribution is -2.43. The minimum atomic E-state index is -0.913. The Balaban J connectivity index is 1.80. The van der Waals surface area contributed by atoms with Crippen molar-refractivity contribution in [2.45, 2.75) is 19.8 Å². The van der Waals surface area contributed by atoms with Gasteiger partial charge in [0.05, 0.1) is 13.7 Å². The molecule has 0 atom stereocenters. The van der Waals surface area contributed by atoms with Crippen molar-refractivity contribution in [1.29, 1.82) is 0 Å². The number of carbonyl (C=O) groups excluding carboxylic acids is 1. The summed E-state index contributed by atoms with van der Waals surface area (Å²) in [5.74, 6) is -1.10. The Labute approximate surface area is 152 Å². The van der Waals surface area contributed by atoms with E-state index in [4.69, 9.17) is 4.74 Å². The van der Waals surface area contributed by atoms with Crippen LogP contribution in [0.15, 0.2) is 36.4 Å². The highest BCUT2D eigenvalue weighted by Gasteiger charge is 2.24. The number of fused-ring (bicyclic) bond motifs is 1. The van der Waals surface area contributed by atoms with Crippen LogP contribution in [0.5, 0.6) is 5.75 Å². The standard InChI is InChI=1S/C20H22F2N2O2/c1-3-23(15-6-8-17(21)18(22)12-15)13-20(25)24-10-4-5-14-11-16(26-2)7-9-19(14)24/h6-9,11-12H,3-5,10,13H2,1-2H3. The fraction of sp³-hybridized carbons (Fsp3) is 0.350. The summed E-state index contributed by atoms with van der Waals surface area (Å²) in [6, 6.07) is 9.41. The average molecular weight is 360 g/mol. The first-order valence-corrected chi connectivity index (χ1v) is 8.70. The van der Waals surface area contributed by atoms with Crippen LogP contribution < -0.4 is 14.5 Å². The molecule has 0 radical (unpaired) electrons. The van der Waals surface area contributed by atoms with Gasteiger partial charge in [-0.15, -0.1) is 0 Å². The molecule has 0 N–H and O–H groups in total. The Hall–Kier alpha value is -2.63. The number of nitrogens with zero attached hydrogens (tertiary/aromatic N) is 2. The second-order valence-corrected chi connectivity index (χ2v) is 6.26. The van der Waals surface area contributed by atoms with E-state index in [9.17, 15) is 13.6 Å². The van der Waals surface area contributed by atoms with E-state index in [2.05, 4.69) is 0 Å². The van der Waals surface area contributed by atoms with E-state index in [0.717, 1.165) is 42.0 Å². The van der Waals surface area contributed by atoms with E-state index >= 15 is 0 Å². The lowest BCUT2D eigenvalue weighted by molar-refractivity contribution is -0.117. The SMILES string of the molecule is CCN(CC(=O)N1CCCc2cc(OC)ccc21)c1ccc(F)c(F)c1. The van der Waals surface area contributed by atoms with E-state index < -0.39 is 11.6 Å². The number of anilines is 2. The maximum atomic E-state index is 13.5. The Kier molecular flexibility index (Phi) is 5.40. The third-order valence-corrected chi connectivity index (χ3v) is 4.68. The summed E-state index contributed by atoms with van der Waals surface area (Å²) in [7, 11) is 1.62. The number of carbonyl (C=O) groups is 1. The quantitative estimate of drug-likeness (QED) is 0.814. The number of benzene rings is 2. The van der Waals surface area contributed by atoms with Crippen LogP contribution in [0.3, 0.4) is 0 Å². The molecule has 3 rings (SSSR count). The number of methoxy groups -OCH3 is 1. The zero-order valence-corrected chi connectivity index (χ0v) is 15.0. The first-order chi connectivity index (χ1) is 12.5. The number of likely N-dealkylation sites (N-methyl/N-ethyl adjacent to an activating group) is 1. The number of halogens is 2. The number of aryl methyl sites for hydroxylation is 1. The van der Waals surface area contributed by atoms with Gasteiger partial charge in [-0.3, -0.25) is 4.79 Å². The number of hydrogen-bond donors (Lipinski definition) is 0. The van der Waals surface area contributed by atoms with Crippen molar-refractivity contribution >= 4 is 17.3 Å². The first-order valence-electron chi connectivity index (χ1n) is 8.70. The summed E-state index contributed by atoms with van der Waals surface area (Å²) in [6.45, 7) is 3.14. The van der Waals surface area contributed by atoms with Crippen LogP contribution >= 0.6 is 0 Å². The minimum Gasteiger partial charge on any atom is -0.497 e. The van der Waals surface area contributed by atoms with Gasteiger partial charge in [0.15, 0.2) is 11.6 Å². The molecule has 2 aromatic rings. The van der Waals surface area contributed by atoms with Gasteiger partial charge in [-0.25, -0.2) is 8.78 Å². The normalized spacial score (nSPS) is 13.3. The van der Waals surface area contributed by atoms with Crippen LogP contribution in [0.1, 0.15) is 18.9 Å². The lowest BCUT2D eigenvalue weighted by Gasteiger charge is -2.32. The summed E-state index contributed by atoms with van der Waals surface area (Å²) in [6.07, 6.45) is 1.78. The van der Waals surface area contributed by atoms with Crippen molar-refractivity contribution in [3.63, 3.8) is 0 Å². The molecule has 4 nitrogen and oxygen atoms in total. The summed E-state index contributed by atoms with van der Waals surface area (Å²) in [5.41, 5.74) is 2.47. The van der Waals surface area contributed by atoms with Gasteiger partial charge in [-0.05, 0) is 55.7 Å². The summed E-state index contributed by atoms with van der Waals surface area (Å²) < 4.78 is 32.0. The Morgan fingerprint density at radius 2 is 2.00 bits per heavy atom. The maximum Gasteiger partial charge on any atom is 0.246 e. The van der Waals surface area contributed by atoms with Crippen LogP contribution in [0.4, 0.5) is 20.2 Å². The molecule has 0 bridgehead atoms. The predicted octanol–water partition coefficient (Wildman–Crippen LogP) is 3.78. The van der Waals surface area contributed by atoms with Crippen LogP contribution in [-0.2, 0) is 11.2 Å². The monoisotopic (exact) mass is 360 g/mol. The molecule has 0 aliphatic carbocycles. The molecule has 26 heavy (non-hydrogen) atoms. The van der Waals surface area contributed by atoms with Gasteiger partial charge in [0.25, 0.3) is 0 Å². The van der Waals surface area contributed by atoms with Crippen LogP contribution in [0, 0.1) is 11.6 Å². The lowest BCUT2D eigenvalue weighted by atomic mass is 10.0. The molecule has 138 valence electrons. The number of amides is 1. The van der Waals surface area contributed by atoms with Gasteiger partial charge >= 0.3 is 0 Å². The number of hydrogen-bond acceptors (Lipinski definition) is 3. The first kappa shape index (κ1) is 18.2. The van der Waals surface area contributed by atoms with E-state index in [1.54, 1.807) is 16.9 Å². The van der Waals surface area contributed by atoms with Crippen LogP contribution in [0.2, 0.25) is 0 Å². The molecule has 0 saturated carbocycles. The summed E-state index contributed by atoms with van der Waals surface area (Å²) in [5, 5.41) is 0. The molecule has 0 saturated heterocycles. The third-order valence-electron chi connectivity index (χ3n) is 4.68. The average Bonchev–Trinajstić information content (AvgIpc) is 2.67. The zero-order chi connectivity index (χ0) is 18.7. The summed E-state index contributed by atoms with van der Waals surface area (Å²) in [4.78, 5) is 16.4. The molecule has 6 heteroatoms. The van der Waals surface area contributed by atoms with Gasteiger partial charge < -0.3 is 14.5 Å². The van der Waals surface area contributed by atoms with E-state index in [1.165, 1.54) is 6.07 Å². The zero-order valence-electron chi connectivity index (χ0n) is 15.0. The molecule has 1 aliphatic heterocycles. The highest BCUT2D eigenvalue weighted by Crippen LogP contribution is 2.31. The van der Waals surface area contributed by atoms with Crippen LogP contribution in [0.25, 0.3) is 0 Å². The Morgan fingerprint density at radius 1 is 1.19 bits per heavy atom. The highest BCUT2D eigenvalue weighted by molar-refractivity contribution is 5.97. The third kappa shape index (κ3) is 3.64. The smallest absolute Gasteiger partial charge is 0.246 e. The molecule has 1 aliphatic rings. The van der Waals surface area contributed by atoms with Crippen LogP contribution in [-0.4, -0.2) is 32.7 Å². The van der Waals surface area contributed by atoms with E-state index in [-0.39, 0.29) is 12.5 Å². The van der Waals surface area contributed by atoms with Crippen molar-refractivity contribution < 1.29 is 18.3 Å².